The van der Waals surface area contributed by atoms with Crippen LogP contribution >= 0.6 is 46.4 Å². The Morgan fingerprint density at radius 2 is 0.769 bits per heavy atom. The van der Waals surface area contributed by atoms with Gasteiger partial charge in [-0.15, -0.1) is 10.2 Å². The van der Waals surface area contributed by atoms with Crippen molar-refractivity contribution in [2.45, 2.75) is 12.4 Å². The maximum atomic E-state index is 12.7. The summed E-state index contributed by atoms with van der Waals surface area (Å²) in [5.74, 6) is 0. The highest BCUT2D eigenvalue weighted by molar-refractivity contribution is 6.39. The quantitative estimate of drug-likeness (QED) is 0.319. The SMILES string of the molecule is FC(F)(F)c1cc(Cl)c(/N=N/c2c(Cl)cc(C(F)(F)F)cc2Cl)c(Cl)c1. The Kier molecular flexibility index (Phi) is 6.02. The Morgan fingerprint density at radius 1 is 0.538 bits per heavy atom. The molecular formula is C14H4Cl4F6N2. The highest BCUT2D eigenvalue weighted by Crippen LogP contribution is 2.43. The van der Waals surface area contributed by atoms with Crippen molar-refractivity contribution in [3.05, 3.63) is 55.5 Å². The average molecular weight is 456 g/mol. The molecule has 0 aliphatic rings. The van der Waals surface area contributed by atoms with Gasteiger partial charge in [-0.1, -0.05) is 46.4 Å². The van der Waals surface area contributed by atoms with Crippen LogP contribution in [0.25, 0.3) is 0 Å². The van der Waals surface area contributed by atoms with E-state index >= 15 is 0 Å². The van der Waals surface area contributed by atoms with Crippen LogP contribution in [0.15, 0.2) is 34.5 Å². The Morgan fingerprint density at radius 3 is 0.962 bits per heavy atom. The van der Waals surface area contributed by atoms with E-state index in [9.17, 15) is 26.3 Å². The second-order valence-electron chi connectivity index (χ2n) is 4.77. The van der Waals surface area contributed by atoms with Gasteiger partial charge in [-0.3, -0.25) is 0 Å². The molecule has 0 spiro atoms. The van der Waals surface area contributed by atoms with Crippen LogP contribution in [0.4, 0.5) is 37.7 Å². The van der Waals surface area contributed by atoms with E-state index in [-0.39, 0.29) is 11.4 Å². The minimum Gasteiger partial charge on any atom is -0.166 e. The van der Waals surface area contributed by atoms with Crippen LogP contribution < -0.4 is 0 Å². The molecule has 0 fully saturated rings. The highest BCUT2D eigenvalue weighted by Gasteiger charge is 2.33. The summed E-state index contributed by atoms with van der Waals surface area (Å²) in [7, 11) is 0. The van der Waals surface area contributed by atoms with Crippen LogP contribution in [0.5, 0.6) is 0 Å². The predicted octanol–water partition coefficient (Wildman–Crippen LogP) is 8.75. The van der Waals surface area contributed by atoms with Gasteiger partial charge in [0.05, 0.1) is 31.2 Å². The van der Waals surface area contributed by atoms with Crippen molar-refractivity contribution in [1.29, 1.82) is 0 Å². The lowest BCUT2D eigenvalue weighted by molar-refractivity contribution is -0.138. The van der Waals surface area contributed by atoms with Gasteiger partial charge in [0.2, 0.25) is 0 Å². The number of rotatable bonds is 2. The molecule has 26 heavy (non-hydrogen) atoms. The molecule has 0 saturated carbocycles. The molecule has 0 aliphatic carbocycles. The van der Waals surface area contributed by atoms with E-state index in [1.165, 1.54) is 0 Å². The second-order valence-corrected chi connectivity index (χ2v) is 6.40. The van der Waals surface area contributed by atoms with Gasteiger partial charge in [-0.25, -0.2) is 0 Å². The zero-order chi connectivity index (χ0) is 19.9. The molecular weight excluding hydrogens is 452 g/mol. The number of azo groups is 1. The molecule has 0 amide bonds. The van der Waals surface area contributed by atoms with E-state index in [4.69, 9.17) is 46.4 Å². The zero-order valence-electron chi connectivity index (χ0n) is 12.0. The summed E-state index contributed by atoms with van der Waals surface area (Å²) in [6.45, 7) is 0. The molecule has 2 aromatic rings. The average Bonchev–Trinajstić information content (AvgIpc) is 2.46. The molecule has 0 saturated heterocycles. The molecule has 0 heterocycles. The Hall–Kier alpha value is -1.22. The van der Waals surface area contributed by atoms with Crippen molar-refractivity contribution in [3.8, 4) is 0 Å². The van der Waals surface area contributed by atoms with Gasteiger partial charge in [0, 0.05) is 0 Å². The van der Waals surface area contributed by atoms with Crippen molar-refractivity contribution in [2.24, 2.45) is 10.2 Å². The van der Waals surface area contributed by atoms with E-state index < -0.39 is 43.6 Å². The molecule has 0 atom stereocenters. The van der Waals surface area contributed by atoms with Crippen LogP contribution in [-0.2, 0) is 12.4 Å². The molecule has 0 aromatic heterocycles. The third kappa shape index (κ3) is 4.73. The number of hydrogen-bond donors (Lipinski definition) is 0. The van der Waals surface area contributed by atoms with Crippen molar-refractivity contribution in [2.75, 3.05) is 0 Å². The molecule has 2 nitrogen and oxygen atoms in total. The minimum absolute atomic E-state index is 0.326. The van der Waals surface area contributed by atoms with E-state index in [2.05, 4.69) is 10.2 Å². The van der Waals surface area contributed by atoms with Gasteiger partial charge in [-0.2, -0.15) is 26.3 Å². The maximum absolute atomic E-state index is 12.7. The number of hydrogen-bond acceptors (Lipinski definition) is 2. The lowest BCUT2D eigenvalue weighted by Crippen LogP contribution is -2.04. The van der Waals surface area contributed by atoms with E-state index in [1.807, 2.05) is 0 Å². The third-order valence-electron chi connectivity index (χ3n) is 2.94. The number of nitrogens with zero attached hydrogens (tertiary/aromatic N) is 2. The Balaban J connectivity index is 2.45. The van der Waals surface area contributed by atoms with Crippen LogP contribution in [0.1, 0.15) is 11.1 Å². The summed E-state index contributed by atoms with van der Waals surface area (Å²) >= 11 is 22.9. The van der Waals surface area contributed by atoms with Crippen LogP contribution in [0.2, 0.25) is 20.1 Å². The maximum Gasteiger partial charge on any atom is 0.416 e. The van der Waals surface area contributed by atoms with Gasteiger partial charge in [-0.05, 0) is 24.3 Å². The number of halogens is 10. The minimum atomic E-state index is -4.68. The van der Waals surface area contributed by atoms with E-state index in [0.29, 0.717) is 24.3 Å². The van der Waals surface area contributed by atoms with Crippen molar-refractivity contribution in [1.82, 2.24) is 0 Å². The van der Waals surface area contributed by atoms with Crippen LogP contribution in [-0.4, -0.2) is 0 Å². The summed E-state index contributed by atoms with van der Waals surface area (Å²) in [6.07, 6.45) is -9.36. The lowest BCUT2D eigenvalue weighted by atomic mass is 10.2. The first-order valence-electron chi connectivity index (χ1n) is 6.35. The summed E-state index contributed by atoms with van der Waals surface area (Å²) < 4.78 is 76.0. The summed E-state index contributed by atoms with van der Waals surface area (Å²) in [6, 6.07) is 2.32. The summed E-state index contributed by atoms with van der Waals surface area (Å²) in [5.41, 5.74) is -2.85. The van der Waals surface area contributed by atoms with E-state index in [0.717, 1.165) is 0 Å². The molecule has 0 radical (unpaired) electrons. The van der Waals surface area contributed by atoms with E-state index in [1.54, 1.807) is 0 Å². The fourth-order valence-electron chi connectivity index (χ4n) is 1.75. The van der Waals surface area contributed by atoms with Crippen LogP contribution in [0, 0.1) is 0 Å². The van der Waals surface area contributed by atoms with Gasteiger partial charge >= 0.3 is 12.4 Å². The first-order valence-corrected chi connectivity index (χ1v) is 7.86. The Bertz CT molecular complexity index is 759. The molecule has 2 aromatic carbocycles. The number of alkyl halides is 6. The normalized spacial score (nSPS) is 12.8. The summed E-state index contributed by atoms with van der Waals surface area (Å²) in [5, 5.41) is 5.25. The smallest absolute Gasteiger partial charge is 0.166 e. The number of benzene rings is 2. The van der Waals surface area contributed by atoms with Gasteiger partial charge in [0.15, 0.2) is 0 Å². The third-order valence-corrected chi connectivity index (χ3v) is 4.09. The topological polar surface area (TPSA) is 24.7 Å². The molecule has 140 valence electrons. The van der Waals surface area contributed by atoms with Gasteiger partial charge < -0.3 is 0 Å². The largest absolute Gasteiger partial charge is 0.416 e. The van der Waals surface area contributed by atoms with Gasteiger partial charge in [0.25, 0.3) is 0 Å². The second kappa shape index (κ2) is 7.42. The Labute approximate surface area is 162 Å². The first kappa shape index (κ1) is 21.1. The standard InChI is InChI=1S/C14H4Cl4F6N2/c15-7-1-5(13(19,20)21)2-8(16)11(7)25-26-12-9(17)3-6(4-10(12)18)14(22,23)24/h1-4H/b26-25+. The van der Waals surface area contributed by atoms with Crippen molar-refractivity contribution >= 4 is 57.8 Å². The van der Waals surface area contributed by atoms with Crippen molar-refractivity contribution < 1.29 is 26.3 Å². The monoisotopic (exact) mass is 454 g/mol. The zero-order valence-corrected chi connectivity index (χ0v) is 15.0. The molecule has 0 unspecified atom stereocenters. The first-order chi connectivity index (χ1) is 11.8. The lowest BCUT2D eigenvalue weighted by Gasteiger charge is -2.10. The molecule has 2 rings (SSSR count). The highest BCUT2D eigenvalue weighted by atomic mass is 35.5. The molecule has 0 N–H and O–H groups in total. The molecule has 0 bridgehead atoms. The fraction of sp³-hybridized carbons (Fsp3) is 0.143. The van der Waals surface area contributed by atoms with Gasteiger partial charge in [0.1, 0.15) is 11.4 Å². The molecule has 0 aliphatic heterocycles. The predicted molar refractivity (Wildman–Crippen MR) is 87.1 cm³/mol. The summed E-state index contributed by atoms with van der Waals surface area (Å²) in [4.78, 5) is 0. The van der Waals surface area contributed by atoms with Crippen LogP contribution in [0.3, 0.4) is 0 Å². The molecule has 12 heteroatoms. The fourth-order valence-corrected chi connectivity index (χ4v) is 2.87. The van der Waals surface area contributed by atoms with Crippen molar-refractivity contribution in [3.63, 3.8) is 0 Å².